The van der Waals surface area contributed by atoms with Gasteiger partial charge in [0.1, 0.15) is 0 Å². The Bertz CT molecular complexity index is 1010. The van der Waals surface area contributed by atoms with E-state index in [0.717, 1.165) is 22.7 Å². The van der Waals surface area contributed by atoms with Crippen molar-refractivity contribution < 1.29 is 4.79 Å². The molecule has 142 valence electrons. The number of amides is 1. The Kier molecular flexibility index (Phi) is 4.51. The summed E-state index contributed by atoms with van der Waals surface area (Å²) in [7, 11) is 0. The number of para-hydroxylation sites is 1. The van der Waals surface area contributed by atoms with Crippen LogP contribution >= 0.6 is 11.6 Å². The Balaban J connectivity index is 1.89. The molecular weight excluding hydrogens is 368 g/mol. The molecule has 2 heterocycles. The Morgan fingerprint density at radius 3 is 2.39 bits per heavy atom. The number of aromatic nitrogens is 1. The first-order valence-electron chi connectivity index (χ1n) is 9.43. The maximum absolute atomic E-state index is 13.4. The van der Waals surface area contributed by atoms with Crippen molar-refractivity contribution in [1.29, 1.82) is 0 Å². The molecule has 1 aromatic heterocycles. The van der Waals surface area contributed by atoms with E-state index < -0.39 is 0 Å². The first-order chi connectivity index (χ1) is 13.3. The van der Waals surface area contributed by atoms with Crippen LogP contribution in [0.3, 0.4) is 0 Å². The van der Waals surface area contributed by atoms with Gasteiger partial charge in [-0.25, -0.2) is 0 Å². The topological polar surface area (TPSA) is 33.2 Å². The van der Waals surface area contributed by atoms with Crippen LogP contribution in [0.2, 0.25) is 5.02 Å². The molecule has 0 N–H and O–H groups in total. The van der Waals surface area contributed by atoms with Crippen molar-refractivity contribution in [2.75, 3.05) is 4.90 Å². The molecule has 0 aliphatic carbocycles. The molecule has 0 spiro atoms. The minimum atomic E-state index is -0.379. The fourth-order valence-electron chi connectivity index (χ4n) is 4.58. The van der Waals surface area contributed by atoms with Crippen LogP contribution in [0.15, 0.2) is 73.1 Å². The highest BCUT2D eigenvalue weighted by Gasteiger charge is 2.47. The Morgan fingerprint density at radius 1 is 1.00 bits per heavy atom. The zero-order valence-electron chi connectivity index (χ0n) is 16.3. The number of hydrogen-bond donors (Lipinski definition) is 0. The van der Waals surface area contributed by atoms with Gasteiger partial charge >= 0.3 is 0 Å². The van der Waals surface area contributed by atoms with E-state index in [1.54, 1.807) is 18.5 Å². The second-order valence-corrected chi connectivity index (χ2v) is 8.66. The van der Waals surface area contributed by atoms with E-state index >= 15 is 0 Å². The number of carbonyl (C=O) groups is 1. The Morgan fingerprint density at radius 2 is 1.71 bits per heavy atom. The van der Waals surface area contributed by atoms with Crippen molar-refractivity contribution in [2.45, 2.75) is 38.1 Å². The van der Waals surface area contributed by atoms with Crippen LogP contribution in [-0.4, -0.2) is 16.4 Å². The van der Waals surface area contributed by atoms with Gasteiger partial charge in [-0.15, -0.1) is 0 Å². The number of anilines is 1. The zero-order valence-corrected chi connectivity index (χ0v) is 17.1. The largest absolute Gasteiger partial charge is 0.302 e. The second kappa shape index (κ2) is 6.75. The maximum Gasteiger partial charge on any atom is 0.260 e. The summed E-state index contributed by atoms with van der Waals surface area (Å²) in [5, 5.41) is 0.726. The van der Waals surface area contributed by atoms with Gasteiger partial charge in [-0.05, 0) is 61.7 Å². The van der Waals surface area contributed by atoms with E-state index in [9.17, 15) is 4.79 Å². The average Bonchev–Trinajstić information content (AvgIpc) is 2.68. The van der Waals surface area contributed by atoms with Crippen LogP contribution in [0.4, 0.5) is 5.69 Å². The molecular formula is C24H23ClN2O. The maximum atomic E-state index is 13.4. The van der Waals surface area contributed by atoms with Crippen LogP contribution in [0.25, 0.3) is 0 Å². The summed E-state index contributed by atoms with van der Waals surface area (Å²) in [6, 6.07) is 19.9. The van der Waals surface area contributed by atoms with Gasteiger partial charge in [-0.2, -0.15) is 0 Å². The van der Waals surface area contributed by atoms with Crippen molar-refractivity contribution in [3.05, 3.63) is 94.8 Å². The predicted molar refractivity (Wildman–Crippen MR) is 114 cm³/mol. The van der Waals surface area contributed by atoms with E-state index in [0.29, 0.717) is 5.56 Å². The molecule has 0 bridgehead atoms. The number of benzene rings is 2. The molecule has 1 unspecified atom stereocenters. The van der Waals surface area contributed by atoms with Crippen LogP contribution in [0.1, 0.15) is 48.7 Å². The van der Waals surface area contributed by atoms with Gasteiger partial charge in [-0.3, -0.25) is 9.78 Å². The lowest BCUT2D eigenvalue weighted by molar-refractivity contribution is 0.0948. The quantitative estimate of drug-likeness (QED) is 0.548. The van der Waals surface area contributed by atoms with E-state index in [1.165, 1.54) is 5.56 Å². The standard InChI is InChI=1S/C24H23ClN2O/c1-23(2)16-24(3,18-10-12-19(25)13-11-18)20-8-4-5-9-21(20)27(23)22(28)17-7-6-14-26-15-17/h4-15H,16H2,1-3H3. The normalized spacial score (nSPS) is 20.5. The smallest absolute Gasteiger partial charge is 0.260 e. The molecule has 28 heavy (non-hydrogen) atoms. The van der Waals surface area contributed by atoms with Crippen molar-refractivity contribution in [2.24, 2.45) is 0 Å². The number of rotatable bonds is 2. The number of hydrogen-bond acceptors (Lipinski definition) is 2. The Labute approximate surface area is 171 Å². The molecule has 1 aliphatic rings. The second-order valence-electron chi connectivity index (χ2n) is 8.23. The summed E-state index contributed by atoms with van der Waals surface area (Å²) in [5.41, 5.74) is 3.29. The van der Waals surface area contributed by atoms with Crippen LogP contribution < -0.4 is 4.90 Å². The molecule has 3 aromatic rings. The van der Waals surface area contributed by atoms with Crippen LogP contribution in [0.5, 0.6) is 0 Å². The summed E-state index contributed by atoms with van der Waals surface area (Å²) >= 11 is 6.13. The number of halogens is 1. The fraction of sp³-hybridized carbons (Fsp3) is 0.250. The molecule has 4 heteroatoms. The number of pyridine rings is 1. The van der Waals surface area contributed by atoms with Gasteiger partial charge in [0, 0.05) is 34.1 Å². The van der Waals surface area contributed by atoms with E-state index in [1.807, 2.05) is 41.3 Å². The summed E-state index contributed by atoms with van der Waals surface area (Å²) in [5.74, 6) is -0.0243. The molecule has 1 atom stereocenters. The number of fused-ring (bicyclic) bond motifs is 1. The molecule has 0 saturated heterocycles. The lowest BCUT2D eigenvalue weighted by Gasteiger charge is -2.51. The summed E-state index contributed by atoms with van der Waals surface area (Å²) in [6.45, 7) is 6.51. The fourth-order valence-corrected chi connectivity index (χ4v) is 4.70. The molecule has 1 amide bonds. The minimum absolute atomic E-state index is 0.0243. The van der Waals surface area contributed by atoms with Gasteiger partial charge < -0.3 is 4.90 Å². The monoisotopic (exact) mass is 390 g/mol. The molecule has 0 saturated carbocycles. The molecule has 4 rings (SSSR count). The first kappa shape index (κ1) is 18.7. The van der Waals surface area contributed by atoms with Crippen molar-refractivity contribution in [3.8, 4) is 0 Å². The van der Waals surface area contributed by atoms with E-state index in [4.69, 9.17) is 11.6 Å². The van der Waals surface area contributed by atoms with Crippen molar-refractivity contribution in [3.63, 3.8) is 0 Å². The summed E-state index contributed by atoms with van der Waals surface area (Å²) < 4.78 is 0. The lowest BCUT2D eigenvalue weighted by atomic mass is 9.65. The number of nitrogens with zero attached hydrogens (tertiary/aromatic N) is 2. The Hall–Kier alpha value is -2.65. The molecule has 1 aliphatic heterocycles. The van der Waals surface area contributed by atoms with Gasteiger partial charge in [0.15, 0.2) is 0 Å². The zero-order chi connectivity index (χ0) is 19.9. The molecule has 2 aromatic carbocycles. The third-order valence-electron chi connectivity index (χ3n) is 5.72. The third kappa shape index (κ3) is 3.00. The summed E-state index contributed by atoms with van der Waals surface area (Å²) in [4.78, 5) is 19.5. The number of carbonyl (C=O) groups excluding carboxylic acids is 1. The molecule has 0 fully saturated rings. The molecule has 0 radical (unpaired) electrons. The highest BCUT2D eigenvalue weighted by Crippen LogP contribution is 2.50. The predicted octanol–water partition coefficient (Wildman–Crippen LogP) is 5.87. The van der Waals surface area contributed by atoms with E-state index in [2.05, 4.69) is 44.0 Å². The first-order valence-corrected chi connectivity index (χ1v) is 9.81. The van der Waals surface area contributed by atoms with Gasteiger partial charge in [0.2, 0.25) is 0 Å². The van der Waals surface area contributed by atoms with Crippen LogP contribution in [-0.2, 0) is 5.41 Å². The third-order valence-corrected chi connectivity index (χ3v) is 5.98. The highest BCUT2D eigenvalue weighted by molar-refractivity contribution is 6.30. The van der Waals surface area contributed by atoms with Gasteiger partial charge in [0.25, 0.3) is 5.91 Å². The van der Waals surface area contributed by atoms with Crippen molar-refractivity contribution >= 4 is 23.2 Å². The minimum Gasteiger partial charge on any atom is -0.302 e. The van der Waals surface area contributed by atoms with E-state index in [-0.39, 0.29) is 16.9 Å². The van der Waals surface area contributed by atoms with Gasteiger partial charge in [-0.1, -0.05) is 48.9 Å². The highest BCUT2D eigenvalue weighted by atomic mass is 35.5. The average molecular weight is 391 g/mol. The molecule has 3 nitrogen and oxygen atoms in total. The lowest BCUT2D eigenvalue weighted by Crippen LogP contribution is -2.55. The summed E-state index contributed by atoms with van der Waals surface area (Å²) in [6.07, 6.45) is 4.11. The van der Waals surface area contributed by atoms with Crippen LogP contribution in [0, 0.1) is 0 Å². The SMILES string of the molecule is CC1(c2ccc(Cl)cc2)CC(C)(C)N(C(=O)c2cccnc2)c2ccccc21. The van der Waals surface area contributed by atoms with Crippen molar-refractivity contribution in [1.82, 2.24) is 4.98 Å². The van der Waals surface area contributed by atoms with Gasteiger partial charge in [0.05, 0.1) is 5.56 Å².